The van der Waals surface area contributed by atoms with Gasteiger partial charge in [-0.25, -0.2) is 0 Å². The van der Waals surface area contributed by atoms with Gasteiger partial charge < -0.3 is 9.47 Å². The summed E-state index contributed by atoms with van der Waals surface area (Å²) in [6, 6.07) is 0. The van der Waals surface area contributed by atoms with E-state index in [0.717, 1.165) is 25.7 Å². The van der Waals surface area contributed by atoms with E-state index in [9.17, 15) is 9.59 Å². The number of Topliss-reactive ketones (excluding diaryl/α,β-unsaturated/α-hetero) is 1. The van der Waals surface area contributed by atoms with Gasteiger partial charge in [0.05, 0.1) is 7.11 Å². The Labute approximate surface area is 115 Å². The van der Waals surface area contributed by atoms with Gasteiger partial charge >= 0.3 is 5.97 Å². The normalized spacial score (nSPS) is 19.6. The largest absolute Gasteiger partial charge is 0.468 e. The van der Waals surface area contributed by atoms with Crippen LogP contribution in [-0.4, -0.2) is 32.6 Å². The quantitative estimate of drug-likeness (QED) is 0.502. The third-order valence-electron chi connectivity index (χ3n) is 4.30. The van der Waals surface area contributed by atoms with Gasteiger partial charge in [-0.3, -0.25) is 9.59 Å². The topological polar surface area (TPSA) is 52.6 Å². The van der Waals surface area contributed by atoms with E-state index in [4.69, 9.17) is 9.47 Å². The fraction of sp³-hybridized carbons (Fsp3) is 0.867. The molecular weight excluding hydrogens is 244 g/mol. The minimum atomic E-state index is -0.949. The maximum Gasteiger partial charge on any atom is 0.319 e. The van der Waals surface area contributed by atoms with Crippen LogP contribution in [0.4, 0.5) is 0 Å². The summed E-state index contributed by atoms with van der Waals surface area (Å²) in [5, 5.41) is 0. The van der Waals surface area contributed by atoms with Crippen molar-refractivity contribution >= 4 is 11.8 Å². The van der Waals surface area contributed by atoms with E-state index in [0.29, 0.717) is 12.8 Å². The van der Waals surface area contributed by atoms with Crippen molar-refractivity contribution in [2.45, 2.75) is 52.4 Å². The van der Waals surface area contributed by atoms with Gasteiger partial charge in [-0.05, 0) is 31.1 Å². The maximum absolute atomic E-state index is 12.2. The highest BCUT2D eigenvalue weighted by Crippen LogP contribution is 2.60. The van der Waals surface area contributed by atoms with Crippen molar-refractivity contribution in [3.8, 4) is 0 Å². The number of ether oxygens (including phenoxy) is 2. The van der Waals surface area contributed by atoms with Crippen LogP contribution in [0.25, 0.3) is 0 Å². The van der Waals surface area contributed by atoms with Crippen molar-refractivity contribution < 1.29 is 19.1 Å². The lowest BCUT2D eigenvalue weighted by Crippen LogP contribution is -2.57. The summed E-state index contributed by atoms with van der Waals surface area (Å²) in [6.07, 6.45) is 5.54. The van der Waals surface area contributed by atoms with Crippen LogP contribution in [0.5, 0.6) is 0 Å². The minimum Gasteiger partial charge on any atom is -0.468 e. The molecule has 0 spiro atoms. The minimum absolute atomic E-state index is 0.0105. The Morgan fingerprint density at radius 2 is 1.58 bits per heavy atom. The Morgan fingerprint density at radius 1 is 1.05 bits per heavy atom. The van der Waals surface area contributed by atoms with E-state index < -0.39 is 11.4 Å². The molecule has 0 aromatic rings. The van der Waals surface area contributed by atoms with Gasteiger partial charge in [0.2, 0.25) is 0 Å². The number of ketones is 1. The first-order valence-electron chi connectivity index (χ1n) is 7.11. The standard InChI is InChI=1S/C15H26O4/c1-5-7-14(8-6-2)10-15(11-14,13(17)19-4)12(16)9-18-3/h5-11H2,1-4H3. The van der Waals surface area contributed by atoms with Crippen LogP contribution in [0, 0.1) is 10.8 Å². The highest BCUT2D eigenvalue weighted by Gasteiger charge is 2.62. The highest BCUT2D eigenvalue weighted by molar-refractivity contribution is 6.05. The number of carbonyl (C=O) groups excluding carboxylic acids is 2. The van der Waals surface area contributed by atoms with Crippen LogP contribution >= 0.6 is 0 Å². The first-order chi connectivity index (χ1) is 9.00. The molecule has 0 radical (unpaired) electrons. The van der Waals surface area contributed by atoms with E-state index in [1.165, 1.54) is 14.2 Å². The number of rotatable bonds is 8. The number of esters is 1. The van der Waals surface area contributed by atoms with Crippen LogP contribution in [0.1, 0.15) is 52.4 Å². The summed E-state index contributed by atoms with van der Waals surface area (Å²) < 4.78 is 9.77. The second-order valence-corrected chi connectivity index (χ2v) is 5.78. The first kappa shape index (κ1) is 16.2. The molecule has 4 nitrogen and oxygen atoms in total. The number of hydrogen-bond acceptors (Lipinski definition) is 4. The summed E-state index contributed by atoms with van der Waals surface area (Å²) in [4.78, 5) is 24.2. The predicted molar refractivity (Wildman–Crippen MR) is 72.8 cm³/mol. The number of methoxy groups -OCH3 is 2. The molecule has 0 aromatic carbocycles. The van der Waals surface area contributed by atoms with E-state index in [2.05, 4.69) is 13.8 Å². The SMILES string of the molecule is CCCC1(CCC)CC(C(=O)COC)(C(=O)OC)C1. The molecule has 1 fully saturated rings. The van der Waals surface area contributed by atoms with Crippen LogP contribution < -0.4 is 0 Å². The fourth-order valence-corrected chi connectivity index (χ4v) is 3.69. The Bertz CT molecular complexity index is 321. The lowest BCUT2D eigenvalue weighted by Gasteiger charge is -2.54. The summed E-state index contributed by atoms with van der Waals surface area (Å²) in [5.74, 6) is -0.526. The first-order valence-corrected chi connectivity index (χ1v) is 7.11. The van der Waals surface area contributed by atoms with Gasteiger partial charge in [0.1, 0.15) is 12.0 Å². The molecule has 1 saturated carbocycles. The molecule has 19 heavy (non-hydrogen) atoms. The Hall–Kier alpha value is -0.900. The number of carbonyl (C=O) groups is 2. The molecule has 0 atom stereocenters. The summed E-state index contributed by atoms with van der Waals surface area (Å²) in [5.41, 5.74) is -0.809. The second kappa shape index (κ2) is 6.51. The van der Waals surface area contributed by atoms with Crippen molar-refractivity contribution in [2.75, 3.05) is 20.8 Å². The molecule has 0 aliphatic heterocycles. The molecule has 0 heterocycles. The van der Waals surface area contributed by atoms with E-state index in [1.807, 2.05) is 0 Å². The van der Waals surface area contributed by atoms with Gasteiger partial charge in [-0.15, -0.1) is 0 Å². The summed E-state index contributed by atoms with van der Waals surface area (Å²) in [7, 11) is 2.83. The molecule has 110 valence electrons. The molecule has 1 rings (SSSR count). The molecule has 4 heteroatoms. The van der Waals surface area contributed by atoms with Crippen molar-refractivity contribution in [1.29, 1.82) is 0 Å². The lowest BCUT2D eigenvalue weighted by molar-refractivity contribution is -0.178. The average molecular weight is 270 g/mol. The van der Waals surface area contributed by atoms with E-state index in [1.54, 1.807) is 0 Å². The van der Waals surface area contributed by atoms with Gasteiger partial charge in [0.15, 0.2) is 5.78 Å². The molecule has 0 N–H and O–H groups in total. The third kappa shape index (κ3) is 2.99. The summed E-state index contributed by atoms with van der Waals surface area (Å²) >= 11 is 0. The van der Waals surface area contributed by atoms with Crippen LogP contribution in [0.15, 0.2) is 0 Å². The monoisotopic (exact) mass is 270 g/mol. The Balaban J connectivity index is 2.88. The zero-order chi connectivity index (χ0) is 14.5. The molecule has 0 unspecified atom stereocenters. The Morgan fingerprint density at radius 3 is 1.95 bits per heavy atom. The van der Waals surface area contributed by atoms with Gasteiger partial charge in [-0.1, -0.05) is 26.7 Å². The van der Waals surface area contributed by atoms with Crippen molar-refractivity contribution in [3.05, 3.63) is 0 Å². The zero-order valence-electron chi connectivity index (χ0n) is 12.6. The van der Waals surface area contributed by atoms with Gasteiger partial charge in [0.25, 0.3) is 0 Å². The van der Waals surface area contributed by atoms with Crippen LogP contribution in [0.2, 0.25) is 0 Å². The average Bonchev–Trinajstić information content (AvgIpc) is 2.34. The van der Waals surface area contributed by atoms with Crippen molar-refractivity contribution in [1.82, 2.24) is 0 Å². The number of hydrogen-bond donors (Lipinski definition) is 0. The van der Waals surface area contributed by atoms with Crippen LogP contribution in [-0.2, 0) is 19.1 Å². The highest BCUT2D eigenvalue weighted by atomic mass is 16.5. The molecular formula is C15H26O4. The second-order valence-electron chi connectivity index (χ2n) is 5.78. The van der Waals surface area contributed by atoms with Gasteiger partial charge in [-0.2, -0.15) is 0 Å². The third-order valence-corrected chi connectivity index (χ3v) is 4.30. The maximum atomic E-state index is 12.2. The zero-order valence-corrected chi connectivity index (χ0v) is 12.6. The fourth-order valence-electron chi connectivity index (χ4n) is 3.69. The molecule has 0 amide bonds. The molecule has 1 aliphatic carbocycles. The van der Waals surface area contributed by atoms with Crippen molar-refractivity contribution in [3.63, 3.8) is 0 Å². The molecule has 1 aliphatic rings. The molecule has 0 saturated heterocycles. The van der Waals surface area contributed by atoms with Crippen molar-refractivity contribution in [2.24, 2.45) is 10.8 Å². The van der Waals surface area contributed by atoms with Crippen LogP contribution in [0.3, 0.4) is 0 Å². The lowest BCUT2D eigenvalue weighted by atomic mass is 9.48. The molecule has 0 aromatic heterocycles. The van der Waals surface area contributed by atoms with E-state index >= 15 is 0 Å². The molecule has 0 bridgehead atoms. The Kier molecular flexibility index (Phi) is 5.53. The van der Waals surface area contributed by atoms with E-state index in [-0.39, 0.29) is 17.8 Å². The predicted octanol–water partition coefficient (Wildman–Crippen LogP) is 2.74. The summed E-state index contributed by atoms with van der Waals surface area (Å²) in [6.45, 7) is 4.28. The van der Waals surface area contributed by atoms with Gasteiger partial charge in [0, 0.05) is 7.11 Å². The smallest absolute Gasteiger partial charge is 0.319 e.